The Morgan fingerprint density at radius 2 is 1.95 bits per heavy atom. The van der Waals surface area contributed by atoms with Gasteiger partial charge in [-0.1, -0.05) is 47.0 Å². The van der Waals surface area contributed by atoms with Crippen LogP contribution in [0.1, 0.15) is 31.2 Å². The average Bonchev–Trinajstić information content (AvgIpc) is 2.94. The molecule has 20 heavy (non-hydrogen) atoms. The summed E-state index contributed by atoms with van der Waals surface area (Å²) in [5.74, 6) is 0.651. The van der Waals surface area contributed by atoms with Crippen LogP contribution in [0.5, 0.6) is 0 Å². The van der Waals surface area contributed by atoms with E-state index >= 15 is 0 Å². The van der Waals surface area contributed by atoms with Crippen molar-refractivity contribution < 1.29 is 4.79 Å². The van der Waals surface area contributed by atoms with Crippen LogP contribution in [0.3, 0.4) is 0 Å². The first-order valence-electron chi connectivity index (χ1n) is 7.19. The summed E-state index contributed by atoms with van der Waals surface area (Å²) in [6.07, 6.45) is 9.87. The lowest BCUT2D eigenvalue weighted by molar-refractivity contribution is 0.244. The quantitative estimate of drug-likeness (QED) is 0.838. The molecule has 0 heterocycles. The Bertz CT molecular complexity index is 450. The number of nitrogens with one attached hydrogen (secondary N) is 2. The SMILES string of the molecule is O=C(N/C=C/C1CCCC1)NCCc1ccc(Br)cc1. The minimum Gasteiger partial charge on any atom is -0.338 e. The van der Waals surface area contributed by atoms with Crippen molar-refractivity contribution in [2.75, 3.05) is 6.54 Å². The summed E-state index contributed by atoms with van der Waals surface area (Å²) in [6, 6.07) is 8.02. The normalized spacial score (nSPS) is 15.7. The lowest BCUT2D eigenvalue weighted by Crippen LogP contribution is -2.33. The summed E-state index contributed by atoms with van der Waals surface area (Å²) in [6.45, 7) is 0.644. The van der Waals surface area contributed by atoms with Gasteiger partial charge in [0.15, 0.2) is 0 Å². The Hall–Kier alpha value is -1.29. The number of allylic oxidation sites excluding steroid dienone is 1. The van der Waals surface area contributed by atoms with Crippen LogP contribution < -0.4 is 10.6 Å². The fourth-order valence-corrected chi connectivity index (χ4v) is 2.70. The molecule has 1 aromatic carbocycles. The van der Waals surface area contributed by atoms with E-state index < -0.39 is 0 Å². The monoisotopic (exact) mass is 336 g/mol. The molecular weight excluding hydrogens is 316 g/mol. The van der Waals surface area contributed by atoms with E-state index in [9.17, 15) is 4.79 Å². The van der Waals surface area contributed by atoms with Gasteiger partial charge in [-0.05, 0) is 42.9 Å². The third-order valence-electron chi connectivity index (χ3n) is 3.60. The van der Waals surface area contributed by atoms with E-state index in [1.54, 1.807) is 6.20 Å². The first-order chi connectivity index (χ1) is 9.74. The maximum absolute atomic E-state index is 11.6. The van der Waals surface area contributed by atoms with Crippen molar-refractivity contribution in [3.05, 3.63) is 46.6 Å². The van der Waals surface area contributed by atoms with Gasteiger partial charge in [0.25, 0.3) is 0 Å². The highest BCUT2D eigenvalue weighted by Gasteiger charge is 2.11. The Balaban J connectivity index is 1.61. The van der Waals surface area contributed by atoms with Gasteiger partial charge in [-0.25, -0.2) is 4.79 Å². The summed E-state index contributed by atoms with van der Waals surface area (Å²) in [4.78, 5) is 11.6. The fourth-order valence-electron chi connectivity index (χ4n) is 2.43. The van der Waals surface area contributed by atoms with Crippen LogP contribution in [0.15, 0.2) is 41.0 Å². The van der Waals surface area contributed by atoms with Gasteiger partial charge in [0, 0.05) is 17.2 Å². The molecule has 1 saturated carbocycles. The van der Waals surface area contributed by atoms with Gasteiger partial charge in [-0.2, -0.15) is 0 Å². The highest BCUT2D eigenvalue weighted by Crippen LogP contribution is 2.25. The highest BCUT2D eigenvalue weighted by molar-refractivity contribution is 9.10. The maximum atomic E-state index is 11.6. The van der Waals surface area contributed by atoms with E-state index in [0.717, 1.165) is 10.9 Å². The van der Waals surface area contributed by atoms with E-state index in [4.69, 9.17) is 0 Å². The molecule has 4 heteroatoms. The summed E-state index contributed by atoms with van der Waals surface area (Å²) >= 11 is 3.41. The summed E-state index contributed by atoms with van der Waals surface area (Å²) in [7, 11) is 0. The maximum Gasteiger partial charge on any atom is 0.318 e. The van der Waals surface area contributed by atoms with Crippen molar-refractivity contribution in [1.82, 2.24) is 10.6 Å². The second-order valence-electron chi connectivity index (χ2n) is 5.18. The smallest absolute Gasteiger partial charge is 0.318 e. The molecule has 1 aliphatic carbocycles. The molecule has 0 bridgehead atoms. The molecule has 2 N–H and O–H groups in total. The number of benzene rings is 1. The van der Waals surface area contributed by atoms with Crippen molar-refractivity contribution in [2.24, 2.45) is 5.92 Å². The number of urea groups is 1. The standard InChI is InChI=1S/C16H21BrN2O/c17-15-7-5-14(6-8-15)10-12-19-16(20)18-11-9-13-3-1-2-4-13/h5-9,11,13H,1-4,10,12H2,(H2,18,19,20)/b11-9+. The first kappa shape index (κ1) is 15.1. The Kier molecular flexibility index (Phi) is 6.12. The molecule has 0 saturated heterocycles. The molecule has 0 aromatic heterocycles. The van der Waals surface area contributed by atoms with Gasteiger partial charge in [0.05, 0.1) is 0 Å². The molecule has 0 atom stereocenters. The van der Waals surface area contributed by atoms with Crippen molar-refractivity contribution in [1.29, 1.82) is 0 Å². The van der Waals surface area contributed by atoms with Crippen LogP contribution in [0.25, 0.3) is 0 Å². The molecule has 0 aliphatic heterocycles. The van der Waals surface area contributed by atoms with Crippen LogP contribution in [0, 0.1) is 5.92 Å². The van der Waals surface area contributed by atoms with Crippen LogP contribution in [-0.4, -0.2) is 12.6 Å². The van der Waals surface area contributed by atoms with E-state index in [-0.39, 0.29) is 6.03 Å². The summed E-state index contributed by atoms with van der Waals surface area (Å²) in [5, 5.41) is 5.62. The molecule has 2 rings (SSSR count). The van der Waals surface area contributed by atoms with Crippen LogP contribution >= 0.6 is 15.9 Å². The molecule has 1 aliphatic rings. The minimum atomic E-state index is -0.128. The summed E-state index contributed by atoms with van der Waals surface area (Å²) < 4.78 is 1.07. The zero-order valence-electron chi connectivity index (χ0n) is 11.6. The predicted molar refractivity (Wildman–Crippen MR) is 85.5 cm³/mol. The lowest BCUT2D eigenvalue weighted by Gasteiger charge is -2.06. The van der Waals surface area contributed by atoms with Crippen molar-refractivity contribution in [2.45, 2.75) is 32.1 Å². The number of hydrogen-bond acceptors (Lipinski definition) is 1. The number of rotatable bonds is 5. The Morgan fingerprint density at radius 3 is 2.65 bits per heavy atom. The van der Waals surface area contributed by atoms with Crippen LogP contribution in [0.4, 0.5) is 4.79 Å². The molecule has 1 fully saturated rings. The predicted octanol–water partition coefficient (Wildman–Crippen LogP) is 3.99. The molecule has 0 radical (unpaired) electrons. The molecule has 3 nitrogen and oxygen atoms in total. The number of carbonyl (C=O) groups is 1. The number of amides is 2. The average molecular weight is 337 g/mol. The van der Waals surface area contributed by atoms with E-state index in [0.29, 0.717) is 12.5 Å². The van der Waals surface area contributed by atoms with Gasteiger partial charge in [0.1, 0.15) is 0 Å². The molecule has 2 amide bonds. The van der Waals surface area contributed by atoms with Gasteiger partial charge in [0.2, 0.25) is 0 Å². The van der Waals surface area contributed by atoms with Gasteiger partial charge < -0.3 is 10.6 Å². The second-order valence-corrected chi connectivity index (χ2v) is 6.10. The zero-order valence-corrected chi connectivity index (χ0v) is 13.2. The van der Waals surface area contributed by atoms with Gasteiger partial charge in [-0.3, -0.25) is 0 Å². The van der Waals surface area contributed by atoms with Crippen molar-refractivity contribution >= 4 is 22.0 Å². The zero-order chi connectivity index (χ0) is 14.2. The Labute approximate surface area is 129 Å². The lowest BCUT2D eigenvalue weighted by atomic mass is 10.1. The van der Waals surface area contributed by atoms with E-state index in [1.807, 2.05) is 12.1 Å². The molecule has 0 spiro atoms. The molecule has 108 valence electrons. The first-order valence-corrected chi connectivity index (χ1v) is 7.99. The Morgan fingerprint density at radius 1 is 1.25 bits per heavy atom. The number of hydrogen-bond donors (Lipinski definition) is 2. The fraction of sp³-hybridized carbons (Fsp3) is 0.438. The highest BCUT2D eigenvalue weighted by atomic mass is 79.9. The van der Waals surface area contributed by atoms with Crippen molar-refractivity contribution in [3.63, 3.8) is 0 Å². The molecular formula is C16H21BrN2O. The number of halogens is 1. The number of carbonyl (C=O) groups excluding carboxylic acids is 1. The van der Waals surface area contributed by atoms with Crippen LogP contribution in [0.2, 0.25) is 0 Å². The van der Waals surface area contributed by atoms with E-state index in [2.05, 4.69) is 44.8 Å². The third-order valence-corrected chi connectivity index (χ3v) is 4.12. The van der Waals surface area contributed by atoms with Crippen LogP contribution in [-0.2, 0) is 6.42 Å². The largest absolute Gasteiger partial charge is 0.338 e. The van der Waals surface area contributed by atoms with Gasteiger partial charge >= 0.3 is 6.03 Å². The molecule has 1 aromatic rings. The minimum absolute atomic E-state index is 0.128. The van der Waals surface area contributed by atoms with E-state index in [1.165, 1.54) is 31.2 Å². The summed E-state index contributed by atoms with van der Waals surface area (Å²) in [5.41, 5.74) is 1.22. The topological polar surface area (TPSA) is 41.1 Å². The second kappa shape index (κ2) is 8.10. The molecule has 0 unspecified atom stereocenters. The van der Waals surface area contributed by atoms with Gasteiger partial charge in [-0.15, -0.1) is 0 Å². The van der Waals surface area contributed by atoms with Crippen molar-refractivity contribution in [3.8, 4) is 0 Å². The third kappa shape index (κ3) is 5.37.